The van der Waals surface area contributed by atoms with Gasteiger partial charge < -0.3 is 4.74 Å². The van der Waals surface area contributed by atoms with Crippen LogP contribution >= 0.6 is 0 Å². The summed E-state index contributed by atoms with van der Waals surface area (Å²) in [4.78, 5) is 21.5. The van der Waals surface area contributed by atoms with Gasteiger partial charge in [-0.3, -0.25) is 0 Å². The Bertz CT molecular complexity index is 345. The highest BCUT2D eigenvalue weighted by Crippen LogP contribution is 2.31. The molecular weight excluding hydrogens is 146 g/mol. The number of nitroso groups, excluding NO2 is 1. The van der Waals surface area contributed by atoms with Crippen LogP contribution in [0, 0.1) is 4.91 Å². The first-order valence-corrected chi connectivity index (χ1v) is 3.07. The maximum Gasteiger partial charge on any atom is 0.657 e. The van der Waals surface area contributed by atoms with Gasteiger partial charge in [-0.2, -0.15) is 4.79 Å². The Labute approximate surface area is 62.0 Å². The van der Waals surface area contributed by atoms with Crippen LogP contribution in [0.4, 0.5) is 10.5 Å². The number of nitrogens with zero attached hydrogens (tertiary/aromatic N) is 1. The molecule has 11 heavy (non-hydrogen) atoms. The lowest BCUT2D eigenvalue weighted by Crippen LogP contribution is -2.08. The maximum absolute atomic E-state index is 10.8. The fourth-order valence-electron chi connectivity index (χ4n) is 0.945. The number of benzene rings is 1. The Morgan fingerprint density at radius 3 is 2.73 bits per heavy atom. The summed E-state index contributed by atoms with van der Waals surface area (Å²) in [6.07, 6.45) is -0.869. The third-order valence-electron chi connectivity index (χ3n) is 1.45. The predicted molar refractivity (Wildman–Crippen MR) is 35.8 cm³/mol. The average Bonchev–Trinajstić information content (AvgIpc) is 2.30. The summed E-state index contributed by atoms with van der Waals surface area (Å²) in [5.74, 6) is 0.326. The van der Waals surface area contributed by atoms with Crippen molar-refractivity contribution in [2.24, 2.45) is 0 Å². The zero-order valence-electron chi connectivity index (χ0n) is 5.48. The number of carbonyl (C=O) groups excluding carboxylic acids is 1. The number of fused-ring (bicyclic) bond motifs is 1. The number of rotatable bonds is 0. The molecule has 0 aromatic heterocycles. The lowest BCUT2D eigenvalue weighted by Gasteiger charge is -1.82. The van der Waals surface area contributed by atoms with Gasteiger partial charge >= 0.3 is 11.8 Å². The van der Waals surface area contributed by atoms with E-state index in [0.717, 1.165) is 0 Å². The molecule has 0 saturated carbocycles. The molecule has 1 heterocycles. The number of amides is 1. The van der Waals surface area contributed by atoms with E-state index in [1.54, 1.807) is 18.2 Å². The van der Waals surface area contributed by atoms with E-state index in [2.05, 4.69) is 4.74 Å². The molecule has 54 valence electrons. The quantitative estimate of drug-likeness (QED) is 0.528. The highest BCUT2D eigenvalue weighted by Gasteiger charge is 2.40. The van der Waals surface area contributed by atoms with Crippen molar-refractivity contribution >= 4 is 11.8 Å². The molecule has 0 atom stereocenters. The highest BCUT2D eigenvalue weighted by molar-refractivity contribution is 5.73. The zero-order valence-corrected chi connectivity index (χ0v) is 5.48. The van der Waals surface area contributed by atoms with Crippen molar-refractivity contribution in [1.29, 1.82) is 0 Å². The molecule has 1 amide bonds. The molecule has 1 aliphatic rings. The summed E-state index contributed by atoms with van der Waals surface area (Å²) in [6, 6.07) is 6.48. The Morgan fingerprint density at radius 1 is 1.27 bits per heavy atom. The Kier molecular flexibility index (Phi) is 1.03. The van der Waals surface area contributed by atoms with Crippen LogP contribution in [-0.2, 0) is 0 Å². The van der Waals surface area contributed by atoms with Crippen LogP contribution in [0.15, 0.2) is 24.3 Å². The van der Waals surface area contributed by atoms with Crippen LogP contribution in [0.1, 0.15) is 0 Å². The summed E-state index contributed by atoms with van der Waals surface area (Å²) in [5.41, 5.74) is 0.275. The van der Waals surface area contributed by atoms with Gasteiger partial charge in [0, 0.05) is 11.0 Å². The fourth-order valence-corrected chi connectivity index (χ4v) is 0.945. The maximum atomic E-state index is 10.8. The number of carbonyl (C=O) groups is 1. The van der Waals surface area contributed by atoms with Crippen molar-refractivity contribution in [3.8, 4) is 5.75 Å². The first-order valence-electron chi connectivity index (χ1n) is 3.07. The van der Waals surface area contributed by atoms with Crippen molar-refractivity contribution < 1.29 is 14.3 Å². The summed E-state index contributed by atoms with van der Waals surface area (Å²) < 4.78 is 4.83. The lowest BCUT2D eigenvalue weighted by molar-refractivity contribution is -0.357. The van der Waals surface area contributed by atoms with E-state index >= 15 is 0 Å². The number of para-hydroxylation sites is 2. The monoisotopic (exact) mass is 150 g/mol. The van der Waals surface area contributed by atoms with E-state index in [4.69, 9.17) is 0 Å². The van der Waals surface area contributed by atoms with Gasteiger partial charge in [0.15, 0.2) is 4.76 Å². The van der Waals surface area contributed by atoms with Gasteiger partial charge in [-0.25, -0.2) is 0 Å². The third kappa shape index (κ3) is 0.724. The Hall–Kier alpha value is -1.71. The molecule has 4 nitrogen and oxygen atoms in total. The van der Waals surface area contributed by atoms with Crippen molar-refractivity contribution in [2.75, 3.05) is 0 Å². The molecule has 1 aliphatic heterocycles. The molecule has 0 N–H and O–H groups in total. The van der Waals surface area contributed by atoms with Crippen LogP contribution in [0.5, 0.6) is 5.75 Å². The van der Waals surface area contributed by atoms with Crippen LogP contribution in [0.2, 0.25) is 0 Å². The minimum Gasteiger partial charge on any atom is -0.362 e. The number of ether oxygens (including phenoxy) is 1. The second-order valence-corrected chi connectivity index (χ2v) is 2.13. The van der Waals surface area contributed by atoms with Crippen LogP contribution < -0.4 is 4.74 Å². The van der Waals surface area contributed by atoms with Crippen molar-refractivity contribution in [3.63, 3.8) is 0 Å². The molecule has 0 unspecified atom stereocenters. The molecule has 1 aromatic carbocycles. The molecular formula is C7H4NO3+. The molecule has 2 rings (SSSR count). The van der Waals surface area contributed by atoms with Crippen LogP contribution in [0.3, 0.4) is 0 Å². The number of hydrogen-bond acceptors (Lipinski definition) is 3. The van der Waals surface area contributed by atoms with Gasteiger partial charge in [0.2, 0.25) is 5.75 Å². The fraction of sp³-hybridized carbons (Fsp3) is 0. The first-order chi connectivity index (χ1) is 5.29. The molecule has 0 fully saturated rings. The van der Waals surface area contributed by atoms with Gasteiger partial charge in [0.25, 0.3) is 0 Å². The molecule has 4 heteroatoms. The van der Waals surface area contributed by atoms with Gasteiger partial charge in [0.1, 0.15) is 0 Å². The molecule has 0 bridgehead atoms. The predicted octanol–water partition coefficient (Wildman–Crippen LogP) is 1.61. The first kappa shape index (κ1) is 6.03. The van der Waals surface area contributed by atoms with Crippen molar-refractivity contribution in [1.82, 2.24) is 0 Å². The van der Waals surface area contributed by atoms with E-state index in [0.29, 0.717) is 5.75 Å². The zero-order chi connectivity index (χ0) is 7.84. The molecule has 0 aliphatic carbocycles. The van der Waals surface area contributed by atoms with E-state index in [-0.39, 0.29) is 10.4 Å². The summed E-state index contributed by atoms with van der Waals surface area (Å²) in [7, 11) is 0. The minimum absolute atomic E-state index is 0.231. The summed E-state index contributed by atoms with van der Waals surface area (Å²) in [5, 5.41) is 0. The largest absolute Gasteiger partial charge is 0.657 e. The SMILES string of the molecule is O=C1Oc2ccccc2[N+]1=O. The lowest BCUT2D eigenvalue weighted by atomic mass is 10.3. The van der Waals surface area contributed by atoms with Gasteiger partial charge in [-0.05, 0) is 6.07 Å². The van der Waals surface area contributed by atoms with Crippen molar-refractivity contribution in [2.45, 2.75) is 0 Å². The molecule has 0 spiro atoms. The van der Waals surface area contributed by atoms with E-state index in [1.807, 2.05) is 0 Å². The van der Waals surface area contributed by atoms with Crippen LogP contribution in [-0.4, -0.2) is 10.9 Å². The minimum atomic E-state index is -0.869. The highest BCUT2D eigenvalue weighted by atomic mass is 16.6. The molecule has 0 saturated heterocycles. The second-order valence-electron chi connectivity index (χ2n) is 2.13. The van der Waals surface area contributed by atoms with Gasteiger partial charge in [-0.1, -0.05) is 12.1 Å². The summed E-state index contributed by atoms with van der Waals surface area (Å²) >= 11 is 0. The van der Waals surface area contributed by atoms with Crippen LogP contribution in [0.25, 0.3) is 0 Å². The van der Waals surface area contributed by atoms with Gasteiger partial charge in [-0.15, -0.1) is 0 Å². The summed E-state index contributed by atoms with van der Waals surface area (Å²) in [6.45, 7) is 0. The smallest absolute Gasteiger partial charge is 0.362 e. The van der Waals surface area contributed by atoms with Crippen molar-refractivity contribution in [3.05, 3.63) is 29.2 Å². The average molecular weight is 150 g/mol. The standard InChI is InChI=1S/C7H4NO3/c9-7-8(10)5-3-1-2-4-6(5)11-7/h1-4H/q+1. The van der Waals surface area contributed by atoms with E-state index in [9.17, 15) is 9.70 Å². The second kappa shape index (κ2) is 1.88. The molecule has 1 aromatic rings. The topological polar surface area (TPSA) is 46.4 Å². The van der Waals surface area contributed by atoms with E-state index in [1.165, 1.54) is 6.07 Å². The third-order valence-corrected chi connectivity index (χ3v) is 1.45. The molecule has 0 radical (unpaired) electrons. The number of hydrogen-bond donors (Lipinski definition) is 0. The van der Waals surface area contributed by atoms with Gasteiger partial charge in [0.05, 0.1) is 0 Å². The van der Waals surface area contributed by atoms with E-state index < -0.39 is 6.09 Å². The Morgan fingerprint density at radius 2 is 2.00 bits per heavy atom. The normalized spacial score (nSPS) is 14.5. The Balaban J connectivity index is 2.64.